The summed E-state index contributed by atoms with van der Waals surface area (Å²) in [6, 6.07) is 9.56. The molecule has 0 aromatic heterocycles. The Morgan fingerprint density at radius 3 is 2.41 bits per heavy atom. The monoisotopic (exact) mass is 232 g/mol. The number of ether oxygens (including phenoxy) is 1. The van der Waals surface area contributed by atoms with Gasteiger partial charge >= 0.3 is 0 Å². The minimum atomic E-state index is -0.450. The summed E-state index contributed by atoms with van der Waals surface area (Å²) in [4.78, 5) is 0. The first-order chi connectivity index (χ1) is 8.10. The molecule has 0 saturated carbocycles. The van der Waals surface area contributed by atoms with Crippen LogP contribution in [0.3, 0.4) is 0 Å². The van der Waals surface area contributed by atoms with Crippen molar-refractivity contribution in [3.8, 4) is 22.6 Å². The first-order valence-electron chi connectivity index (χ1n) is 5.25. The van der Waals surface area contributed by atoms with Crippen molar-refractivity contribution in [2.24, 2.45) is 0 Å². The number of benzene rings is 2. The topological polar surface area (TPSA) is 29.5 Å². The average molecular weight is 232 g/mol. The van der Waals surface area contributed by atoms with E-state index in [1.165, 1.54) is 12.1 Å². The fourth-order valence-corrected chi connectivity index (χ4v) is 1.80. The van der Waals surface area contributed by atoms with Crippen molar-refractivity contribution in [2.45, 2.75) is 6.92 Å². The molecule has 0 spiro atoms. The van der Waals surface area contributed by atoms with Gasteiger partial charge in [0.25, 0.3) is 0 Å². The van der Waals surface area contributed by atoms with Gasteiger partial charge in [0, 0.05) is 6.07 Å². The van der Waals surface area contributed by atoms with Crippen molar-refractivity contribution in [1.29, 1.82) is 0 Å². The molecule has 0 fully saturated rings. The molecular formula is C14H13FO2. The molecule has 2 aromatic rings. The Morgan fingerprint density at radius 1 is 1.06 bits per heavy atom. The SMILES string of the molecule is COc1ccc(-c2cc(O)cc(F)c2)cc1C. The molecule has 3 heteroatoms. The molecule has 2 nitrogen and oxygen atoms in total. The molecule has 0 bridgehead atoms. The lowest BCUT2D eigenvalue weighted by molar-refractivity contribution is 0.412. The molecule has 0 atom stereocenters. The largest absolute Gasteiger partial charge is 0.508 e. The summed E-state index contributed by atoms with van der Waals surface area (Å²) in [6.45, 7) is 1.92. The normalized spacial score (nSPS) is 10.3. The predicted molar refractivity (Wildman–Crippen MR) is 64.8 cm³/mol. The summed E-state index contributed by atoms with van der Waals surface area (Å²) >= 11 is 0. The first kappa shape index (κ1) is 11.5. The van der Waals surface area contributed by atoms with Gasteiger partial charge in [-0.25, -0.2) is 4.39 Å². The van der Waals surface area contributed by atoms with E-state index in [9.17, 15) is 9.50 Å². The number of phenolic OH excluding ortho intramolecular Hbond substituents is 1. The molecule has 2 aromatic carbocycles. The highest BCUT2D eigenvalue weighted by atomic mass is 19.1. The van der Waals surface area contributed by atoms with Crippen LogP contribution in [0.15, 0.2) is 36.4 Å². The highest BCUT2D eigenvalue weighted by molar-refractivity contribution is 5.67. The third-order valence-corrected chi connectivity index (χ3v) is 2.61. The van der Waals surface area contributed by atoms with E-state index in [0.29, 0.717) is 5.56 Å². The second kappa shape index (κ2) is 4.45. The maximum atomic E-state index is 13.2. The molecule has 0 aliphatic rings. The molecule has 0 unspecified atom stereocenters. The van der Waals surface area contributed by atoms with Crippen LogP contribution in [0.4, 0.5) is 4.39 Å². The lowest BCUT2D eigenvalue weighted by Crippen LogP contribution is -1.88. The quantitative estimate of drug-likeness (QED) is 0.858. The number of phenols is 1. The summed E-state index contributed by atoms with van der Waals surface area (Å²) < 4.78 is 18.3. The van der Waals surface area contributed by atoms with Gasteiger partial charge in [0.05, 0.1) is 7.11 Å². The standard InChI is InChI=1S/C14H13FO2/c1-9-5-10(3-4-14(9)17-2)11-6-12(15)8-13(16)7-11/h3-8,16H,1-2H3. The van der Waals surface area contributed by atoms with Crippen LogP contribution in [0, 0.1) is 12.7 Å². The second-order valence-corrected chi connectivity index (χ2v) is 3.88. The lowest BCUT2D eigenvalue weighted by atomic mass is 10.0. The molecule has 0 amide bonds. The first-order valence-corrected chi connectivity index (χ1v) is 5.25. The lowest BCUT2D eigenvalue weighted by Gasteiger charge is -2.08. The minimum Gasteiger partial charge on any atom is -0.508 e. The van der Waals surface area contributed by atoms with Gasteiger partial charge in [-0.3, -0.25) is 0 Å². The van der Waals surface area contributed by atoms with E-state index in [1.807, 2.05) is 25.1 Å². The van der Waals surface area contributed by atoms with Gasteiger partial charge in [-0.05, 0) is 47.9 Å². The Hall–Kier alpha value is -2.03. The summed E-state index contributed by atoms with van der Waals surface area (Å²) in [5.74, 6) is 0.260. The van der Waals surface area contributed by atoms with E-state index in [4.69, 9.17) is 4.74 Å². The van der Waals surface area contributed by atoms with Crippen molar-refractivity contribution in [3.05, 3.63) is 47.8 Å². The molecule has 0 saturated heterocycles. The van der Waals surface area contributed by atoms with E-state index in [2.05, 4.69) is 0 Å². The van der Waals surface area contributed by atoms with E-state index < -0.39 is 5.82 Å². The summed E-state index contributed by atoms with van der Waals surface area (Å²) in [5, 5.41) is 9.36. The summed E-state index contributed by atoms with van der Waals surface area (Å²) in [7, 11) is 1.61. The predicted octanol–water partition coefficient (Wildman–Crippen LogP) is 3.52. The maximum absolute atomic E-state index is 13.2. The van der Waals surface area contributed by atoms with Crippen LogP contribution in [0.5, 0.6) is 11.5 Å². The highest BCUT2D eigenvalue weighted by Crippen LogP contribution is 2.28. The third kappa shape index (κ3) is 2.38. The van der Waals surface area contributed by atoms with Gasteiger partial charge in [-0.1, -0.05) is 6.07 Å². The summed E-state index contributed by atoms with van der Waals surface area (Å²) in [5.41, 5.74) is 2.46. The maximum Gasteiger partial charge on any atom is 0.127 e. The van der Waals surface area contributed by atoms with Crippen LogP contribution in [-0.2, 0) is 0 Å². The van der Waals surface area contributed by atoms with Crippen LogP contribution < -0.4 is 4.74 Å². The fraction of sp³-hybridized carbons (Fsp3) is 0.143. The van der Waals surface area contributed by atoms with Crippen LogP contribution in [0.1, 0.15) is 5.56 Å². The van der Waals surface area contributed by atoms with Gasteiger partial charge in [0.2, 0.25) is 0 Å². The number of hydrogen-bond acceptors (Lipinski definition) is 2. The Bertz CT molecular complexity index is 530. The van der Waals surface area contributed by atoms with Crippen molar-refractivity contribution < 1.29 is 14.2 Å². The molecule has 88 valence electrons. The van der Waals surface area contributed by atoms with Crippen molar-refractivity contribution in [1.82, 2.24) is 0 Å². The van der Waals surface area contributed by atoms with Crippen molar-refractivity contribution >= 4 is 0 Å². The molecule has 0 radical (unpaired) electrons. The minimum absolute atomic E-state index is 0.0755. The van der Waals surface area contributed by atoms with E-state index in [1.54, 1.807) is 7.11 Å². The molecule has 2 rings (SSSR count). The highest BCUT2D eigenvalue weighted by Gasteiger charge is 2.05. The number of methoxy groups -OCH3 is 1. The second-order valence-electron chi connectivity index (χ2n) is 3.88. The van der Waals surface area contributed by atoms with Gasteiger partial charge in [-0.15, -0.1) is 0 Å². The van der Waals surface area contributed by atoms with E-state index >= 15 is 0 Å². The van der Waals surface area contributed by atoms with Gasteiger partial charge in [-0.2, -0.15) is 0 Å². The van der Waals surface area contributed by atoms with Crippen LogP contribution in [-0.4, -0.2) is 12.2 Å². The fourth-order valence-electron chi connectivity index (χ4n) is 1.80. The number of hydrogen-bond donors (Lipinski definition) is 1. The van der Waals surface area contributed by atoms with E-state index in [0.717, 1.165) is 22.9 Å². The van der Waals surface area contributed by atoms with E-state index in [-0.39, 0.29) is 5.75 Å². The molecule has 1 N–H and O–H groups in total. The Kier molecular flexibility index (Phi) is 3.00. The van der Waals surface area contributed by atoms with Gasteiger partial charge < -0.3 is 9.84 Å². The molecule has 0 aliphatic carbocycles. The molecule has 0 heterocycles. The average Bonchev–Trinajstić information content (AvgIpc) is 2.27. The smallest absolute Gasteiger partial charge is 0.127 e. The zero-order valence-electron chi connectivity index (χ0n) is 9.70. The van der Waals surface area contributed by atoms with Crippen LogP contribution in [0.25, 0.3) is 11.1 Å². The van der Waals surface area contributed by atoms with Crippen LogP contribution in [0.2, 0.25) is 0 Å². The number of aryl methyl sites for hydroxylation is 1. The molecule has 17 heavy (non-hydrogen) atoms. The Morgan fingerprint density at radius 2 is 1.82 bits per heavy atom. The van der Waals surface area contributed by atoms with Gasteiger partial charge in [0.15, 0.2) is 0 Å². The number of halogens is 1. The summed E-state index contributed by atoms with van der Waals surface area (Å²) in [6.07, 6.45) is 0. The van der Waals surface area contributed by atoms with Crippen LogP contribution >= 0.6 is 0 Å². The molecular weight excluding hydrogens is 219 g/mol. The third-order valence-electron chi connectivity index (χ3n) is 2.61. The van der Waals surface area contributed by atoms with Gasteiger partial charge in [0.1, 0.15) is 17.3 Å². The zero-order valence-corrected chi connectivity index (χ0v) is 9.70. The zero-order chi connectivity index (χ0) is 12.4. The molecule has 0 aliphatic heterocycles. The van der Waals surface area contributed by atoms with Crippen molar-refractivity contribution in [3.63, 3.8) is 0 Å². The Labute approximate surface area is 99.3 Å². The number of aromatic hydroxyl groups is 1. The Balaban J connectivity index is 2.49. The van der Waals surface area contributed by atoms with Crippen molar-refractivity contribution in [2.75, 3.05) is 7.11 Å². The number of rotatable bonds is 2.